The van der Waals surface area contributed by atoms with E-state index in [1.54, 1.807) is 0 Å². The molecule has 0 radical (unpaired) electrons. The van der Waals surface area contributed by atoms with Crippen LogP contribution in [0.4, 0.5) is 30.5 Å². The van der Waals surface area contributed by atoms with Crippen LogP contribution in [-0.2, 0) is 0 Å². The van der Waals surface area contributed by atoms with Crippen LogP contribution in [0.3, 0.4) is 0 Å². The van der Waals surface area contributed by atoms with E-state index < -0.39 is 17.5 Å². The van der Waals surface area contributed by atoms with Crippen LogP contribution in [0, 0.1) is 17.5 Å². The van der Waals surface area contributed by atoms with Crippen molar-refractivity contribution in [3.63, 3.8) is 0 Å². The normalized spacial score (nSPS) is 10.4. The summed E-state index contributed by atoms with van der Waals surface area (Å²) in [5.74, 6) is -3.21. The van der Waals surface area contributed by atoms with Crippen molar-refractivity contribution < 1.29 is 13.2 Å². The highest BCUT2D eigenvalue weighted by Crippen LogP contribution is 2.29. The average molecular weight is 347 g/mol. The third kappa shape index (κ3) is 3.01. The topological polar surface area (TPSA) is 49.8 Å². The van der Waals surface area contributed by atoms with E-state index in [0.717, 1.165) is 12.1 Å². The minimum atomic E-state index is -1.51. The molecule has 1 aromatic carbocycles. The van der Waals surface area contributed by atoms with Crippen molar-refractivity contribution in [2.45, 2.75) is 6.92 Å². The van der Waals surface area contributed by atoms with Crippen LogP contribution in [0.2, 0.25) is 0 Å². The first kappa shape index (κ1) is 14.6. The minimum absolute atomic E-state index is 0.0447. The molecular weight excluding hydrogens is 337 g/mol. The highest BCUT2D eigenvalue weighted by Gasteiger charge is 2.13. The summed E-state index contributed by atoms with van der Waals surface area (Å²) in [7, 11) is 0. The largest absolute Gasteiger partial charge is 0.369 e. The van der Waals surface area contributed by atoms with Crippen molar-refractivity contribution in [2.24, 2.45) is 0 Å². The summed E-state index contributed by atoms with van der Waals surface area (Å²) in [6, 6.07) is 1.69. The Morgan fingerprint density at radius 2 is 1.70 bits per heavy atom. The van der Waals surface area contributed by atoms with E-state index >= 15 is 0 Å². The summed E-state index contributed by atoms with van der Waals surface area (Å²) >= 11 is 3.28. The molecule has 0 amide bonds. The van der Waals surface area contributed by atoms with Gasteiger partial charge in [0.15, 0.2) is 17.5 Å². The summed E-state index contributed by atoms with van der Waals surface area (Å²) in [4.78, 5) is 7.95. The highest BCUT2D eigenvalue weighted by molar-refractivity contribution is 9.10. The van der Waals surface area contributed by atoms with E-state index in [2.05, 4.69) is 36.5 Å². The fourth-order valence-corrected chi connectivity index (χ4v) is 1.96. The average Bonchev–Trinajstić information content (AvgIpc) is 2.41. The Hall–Kier alpha value is -1.83. The van der Waals surface area contributed by atoms with Gasteiger partial charge < -0.3 is 10.6 Å². The Kier molecular flexibility index (Phi) is 4.43. The Balaban J connectivity index is 2.33. The number of benzene rings is 1. The van der Waals surface area contributed by atoms with Crippen LogP contribution in [-0.4, -0.2) is 16.5 Å². The molecule has 0 aliphatic heterocycles. The molecule has 20 heavy (non-hydrogen) atoms. The lowest BCUT2D eigenvalue weighted by molar-refractivity contribution is 0.448. The van der Waals surface area contributed by atoms with Crippen molar-refractivity contribution in [1.82, 2.24) is 9.97 Å². The molecule has 0 saturated carbocycles. The molecule has 0 fully saturated rings. The zero-order chi connectivity index (χ0) is 14.7. The van der Waals surface area contributed by atoms with Gasteiger partial charge in [-0.2, -0.15) is 0 Å². The fourth-order valence-electron chi connectivity index (χ4n) is 1.51. The van der Waals surface area contributed by atoms with E-state index in [-0.39, 0.29) is 5.69 Å². The van der Waals surface area contributed by atoms with Gasteiger partial charge in [-0.05, 0) is 22.9 Å². The lowest BCUT2D eigenvalue weighted by atomic mass is 10.3. The summed E-state index contributed by atoms with van der Waals surface area (Å²) in [5.41, 5.74) is 0.0447. The molecule has 1 heterocycles. The van der Waals surface area contributed by atoms with Gasteiger partial charge in [-0.15, -0.1) is 0 Å². The standard InChI is InChI=1S/C12H10BrF3N4/c1-2-17-11-9(13)12(19-5-18-11)20-6-3-7(14)10(16)8(15)4-6/h3-5H,2H2,1H3,(H2,17,18,19,20). The Bertz CT molecular complexity index is 613. The molecule has 4 nitrogen and oxygen atoms in total. The van der Waals surface area contributed by atoms with Crippen LogP contribution in [0.1, 0.15) is 6.92 Å². The second-order valence-electron chi connectivity index (χ2n) is 3.79. The van der Waals surface area contributed by atoms with Gasteiger partial charge in [0.2, 0.25) is 0 Å². The molecule has 2 aromatic rings. The molecular formula is C12H10BrF3N4. The van der Waals surface area contributed by atoms with Gasteiger partial charge in [0.25, 0.3) is 0 Å². The third-order valence-corrected chi connectivity index (χ3v) is 3.13. The highest BCUT2D eigenvalue weighted by atomic mass is 79.9. The zero-order valence-corrected chi connectivity index (χ0v) is 11.9. The minimum Gasteiger partial charge on any atom is -0.369 e. The first-order valence-corrected chi connectivity index (χ1v) is 6.48. The van der Waals surface area contributed by atoms with Gasteiger partial charge in [0.1, 0.15) is 22.4 Å². The van der Waals surface area contributed by atoms with Crippen LogP contribution in [0.15, 0.2) is 22.9 Å². The van der Waals surface area contributed by atoms with Gasteiger partial charge in [-0.3, -0.25) is 0 Å². The maximum Gasteiger partial charge on any atom is 0.194 e. The quantitative estimate of drug-likeness (QED) is 0.826. The molecule has 2 N–H and O–H groups in total. The first-order chi connectivity index (χ1) is 9.52. The molecule has 8 heteroatoms. The monoisotopic (exact) mass is 346 g/mol. The van der Waals surface area contributed by atoms with Crippen molar-refractivity contribution in [3.05, 3.63) is 40.4 Å². The summed E-state index contributed by atoms with van der Waals surface area (Å²) in [5, 5.41) is 5.68. The second-order valence-corrected chi connectivity index (χ2v) is 4.59. The molecule has 0 bridgehead atoms. The Morgan fingerprint density at radius 3 is 2.30 bits per heavy atom. The van der Waals surface area contributed by atoms with Gasteiger partial charge in [-0.1, -0.05) is 0 Å². The SMILES string of the molecule is CCNc1ncnc(Nc2cc(F)c(F)c(F)c2)c1Br. The maximum atomic E-state index is 13.1. The van der Waals surface area contributed by atoms with E-state index in [9.17, 15) is 13.2 Å². The summed E-state index contributed by atoms with van der Waals surface area (Å²) in [6.07, 6.45) is 1.29. The van der Waals surface area contributed by atoms with Crippen LogP contribution in [0.5, 0.6) is 0 Å². The van der Waals surface area contributed by atoms with Gasteiger partial charge in [0, 0.05) is 24.4 Å². The van der Waals surface area contributed by atoms with Crippen LogP contribution in [0.25, 0.3) is 0 Å². The molecule has 0 spiro atoms. The lowest BCUT2D eigenvalue weighted by Gasteiger charge is -2.11. The van der Waals surface area contributed by atoms with E-state index in [4.69, 9.17) is 0 Å². The molecule has 1 aromatic heterocycles. The number of hydrogen-bond donors (Lipinski definition) is 2. The molecule has 0 aliphatic rings. The van der Waals surface area contributed by atoms with E-state index in [0.29, 0.717) is 22.7 Å². The number of aromatic nitrogens is 2. The number of rotatable bonds is 4. The van der Waals surface area contributed by atoms with Gasteiger partial charge >= 0.3 is 0 Å². The molecule has 0 unspecified atom stereocenters. The van der Waals surface area contributed by atoms with Crippen molar-refractivity contribution in [3.8, 4) is 0 Å². The van der Waals surface area contributed by atoms with Gasteiger partial charge in [-0.25, -0.2) is 23.1 Å². The number of halogens is 4. The smallest absolute Gasteiger partial charge is 0.194 e. The summed E-state index contributed by atoms with van der Waals surface area (Å²) in [6.45, 7) is 2.54. The summed E-state index contributed by atoms with van der Waals surface area (Å²) < 4.78 is 39.6. The number of hydrogen-bond acceptors (Lipinski definition) is 4. The fraction of sp³-hybridized carbons (Fsp3) is 0.167. The molecule has 2 rings (SSSR count). The van der Waals surface area contributed by atoms with Crippen LogP contribution < -0.4 is 10.6 Å². The predicted molar refractivity (Wildman–Crippen MR) is 73.5 cm³/mol. The number of anilines is 3. The lowest BCUT2D eigenvalue weighted by Crippen LogP contribution is -2.04. The van der Waals surface area contributed by atoms with E-state index in [1.165, 1.54) is 6.33 Å². The number of nitrogens with one attached hydrogen (secondary N) is 2. The molecule has 0 atom stereocenters. The Labute approximate surface area is 121 Å². The number of nitrogens with zero attached hydrogens (tertiary/aromatic N) is 2. The second kappa shape index (κ2) is 6.08. The first-order valence-electron chi connectivity index (χ1n) is 5.68. The third-order valence-electron chi connectivity index (χ3n) is 2.38. The van der Waals surface area contributed by atoms with Crippen molar-refractivity contribution in [1.29, 1.82) is 0 Å². The van der Waals surface area contributed by atoms with Crippen molar-refractivity contribution >= 4 is 33.3 Å². The predicted octanol–water partition coefficient (Wildman–Crippen LogP) is 3.83. The van der Waals surface area contributed by atoms with Gasteiger partial charge in [0.05, 0.1) is 0 Å². The molecule has 0 saturated heterocycles. The molecule has 0 aliphatic carbocycles. The van der Waals surface area contributed by atoms with E-state index in [1.807, 2.05) is 6.92 Å². The zero-order valence-electron chi connectivity index (χ0n) is 10.3. The molecule has 106 valence electrons. The van der Waals surface area contributed by atoms with Crippen molar-refractivity contribution in [2.75, 3.05) is 17.2 Å². The maximum absolute atomic E-state index is 13.1. The van der Waals surface area contributed by atoms with Crippen LogP contribution >= 0.6 is 15.9 Å². The Morgan fingerprint density at radius 1 is 1.10 bits per heavy atom.